The molecule has 0 saturated heterocycles. The summed E-state index contributed by atoms with van der Waals surface area (Å²) >= 11 is 0. The van der Waals surface area contributed by atoms with E-state index in [9.17, 15) is 13.2 Å². The van der Waals surface area contributed by atoms with Crippen molar-refractivity contribution in [3.63, 3.8) is 0 Å². The maximum Gasteiger partial charge on any atom is 0.236 e. The molecule has 0 aromatic heterocycles. The SMILES string of the molecule is CC(C)CCN1C(=O)C(C)(C)COc2cc(NS(=O)(=O)C3CC3)ccc21. The second-order valence-electron chi connectivity index (χ2n) is 8.34. The molecule has 1 saturated carbocycles. The van der Waals surface area contributed by atoms with E-state index in [1.54, 1.807) is 23.1 Å². The van der Waals surface area contributed by atoms with Crippen molar-refractivity contribution in [2.45, 2.75) is 52.2 Å². The Kier molecular flexibility index (Phi) is 4.94. The number of rotatable bonds is 6. The molecular formula is C19H28N2O4S. The number of amides is 1. The fraction of sp³-hybridized carbons (Fsp3) is 0.632. The first kappa shape index (κ1) is 19.0. The van der Waals surface area contributed by atoms with E-state index in [0.29, 0.717) is 42.4 Å². The summed E-state index contributed by atoms with van der Waals surface area (Å²) in [5, 5.41) is -0.287. The van der Waals surface area contributed by atoms with E-state index < -0.39 is 15.4 Å². The number of benzene rings is 1. The average molecular weight is 381 g/mol. The van der Waals surface area contributed by atoms with Crippen molar-refractivity contribution >= 4 is 27.3 Å². The first-order valence-electron chi connectivity index (χ1n) is 9.20. The smallest absolute Gasteiger partial charge is 0.236 e. The number of anilines is 2. The van der Waals surface area contributed by atoms with Crippen LogP contribution < -0.4 is 14.4 Å². The van der Waals surface area contributed by atoms with Crippen molar-refractivity contribution in [2.75, 3.05) is 22.8 Å². The Labute approximate surface area is 156 Å². The van der Waals surface area contributed by atoms with Crippen LogP contribution in [0.4, 0.5) is 11.4 Å². The molecule has 1 fully saturated rings. The molecule has 1 aromatic carbocycles. The van der Waals surface area contributed by atoms with Crippen LogP contribution in [0.25, 0.3) is 0 Å². The van der Waals surface area contributed by atoms with E-state index in [-0.39, 0.29) is 17.8 Å². The van der Waals surface area contributed by atoms with E-state index in [2.05, 4.69) is 18.6 Å². The van der Waals surface area contributed by atoms with Crippen LogP contribution >= 0.6 is 0 Å². The van der Waals surface area contributed by atoms with Gasteiger partial charge in [-0.3, -0.25) is 9.52 Å². The molecule has 1 N–H and O–H groups in total. The minimum absolute atomic E-state index is 0.0308. The molecule has 0 atom stereocenters. The van der Waals surface area contributed by atoms with Gasteiger partial charge >= 0.3 is 0 Å². The van der Waals surface area contributed by atoms with Gasteiger partial charge in [-0.25, -0.2) is 8.42 Å². The second kappa shape index (κ2) is 6.76. The third-order valence-electron chi connectivity index (χ3n) is 4.82. The van der Waals surface area contributed by atoms with E-state index in [1.807, 2.05) is 13.8 Å². The Morgan fingerprint density at radius 1 is 1.31 bits per heavy atom. The van der Waals surface area contributed by atoms with E-state index in [0.717, 1.165) is 6.42 Å². The van der Waals surface area contributed by atoms with Crippen LogP contribution in [0.5, 0.6) is 5.75 Å². The van der Waals surface area contributed by atoms with Crippen LogP contribution in [0.2, 0.25) is 0 Å². The maximum absolute atomic E-state index is 13.0. The zero-order valence-electron chi connectivity index (χ0n) is 15.9. The molecule has 1 aromatic rings. The molecule has 0 unspecified atom stereocenters. The predicted molar refractivity (Wildman–Crippen MR) is 103 cm³/mol. The molecule has 144 valence electrons. The maximum atomic E-state index is 13.0. The summed E-state index contributed by atoms with van der Waals surface area (Å²) in [6, 6.07) is 5.17. The molecule has 26 heavy (non-hydrogen) atoms. The monoisotopic (exact) mass is 380 g/mol. The molecule has 0 radical (unpaired) electrons. The van der Waals surface area contributed by atoms with Crippen molar-refractivity contribution in [1.29, 1.82) is 0 Å². The van der Waals surface area contributed by atoms with Crippen molar-refractivity contribution < 1.29 is 17.9 Å². The Balaban J connectivity index is 1.91. The molecule has 7 heteroatoms. The van der Waals surface area contributed by atoms with Gasteiger partial charge in [-0.2, -0.15) is 0 Å². The standard InChI is InChI=1S/C19H28N2O4S/c1-13(2)9-10-21-16-8-5-14(20-26(23,24)15-6-7-15)11-17(16)25-12-19(3,4)18(21)22/h5,8,11,13,15,20H,6-7,9-10,12H2,1-4H3. The third kappa shape index (κ3) is 3.98. The number of ether oxygens (including phenoxy) is 1. The van der Waals surface area contributed by atoms with Gasteiger partial charge in [0.05, 0.1) is 22.0 Å². The van der Waals surface area contributed by atoms with Crippen molar-refractivity contribution in [3.8, 4) is 5.75 Å². The molecule has 0 bridgehead atoms. The predicted octanol–water partition coefficient (Wildman–Crippen LogP) is 3.39. The first-order chi connectivity index (χ1) is 12.1. The largest absolute Gasteiger partial charge is 0.490 e. The van der Waals surface area contributed by atoms with E-state index in [1.165, 1.54) is 0 Å². The van der Waals surface area contributed by atoms with E-state index in [4.69, 9.17) is 4.74 Å². The number of carbonyl (C=O) groups is 1. The number of hydrogen-bond acceptors (Lipinski definition) is 4. The molecule has 1 aliphatic carbocycles. The van der Waals surface area contributed by atoms with Crippen LogP contribution in [-0.2, 0) is 14.8 Å². The van der Waals surface area contributed by atoms with Crippen LogP contribution in [0, 0.1) is 11.3 Å². The van der Waals surface area contributed by atoms with Crippen LogP contribution in [-0.4, -0.2) is 32.7 Å². The van der Waals surface area contributed by atoms with Crippen molar-refractivity contribution in [3.05, 3.63) is 18.2 Å². The van der Waals surface area contributed by atoms with Crippen LogP contribution in [0.15, 0.2) is 18.2 Å². The minimum atomic E-state index is -3.33. The number of nitrogens with zero attached hydrogens (tertiary/aromatic N) is 1. The summed E-state index contributed by atoms with van der Waals surface area (Å²) in [6.45, 7) is 8.88. The number of fused-ring (bicyclic) bond motifs is 1. The highest BCUT2D eigenvalue weighted by atomic mass is 32.2. The van der Waals surface area contributed by atoms with Gasteiger partial charge in [-0.15, -0.1) is 0 Å². The molecule has 3 rings (SSSR count). The number of sulfonamides is 1. The minimum Gasteiger partial charge on any atom is -0.490 e. The number of carbonyl (C=O) groups excluding carboxylic acids is 1. The molecule has 0 spiro atoms. The van der Waals surface area contributed by atoms with Gasteiger partial charge in [0, 0.05) is 12.6 Å². The summed E-state index contributed by atoms with van der Waals surface area (Å²) in [7, 11) is -3.33. The quantitative estimate of drug-likeness (QED) is 0.821. The van der Waals surface area contributed by atoms with Crippen molar-refractivity contribution in [1.82, 2.24) is 0 Å². The summed E-state index contributed by atoms with van der Waals surface area (Å²) < 4.78 is 32.9. The third-order valence-corrected chi connectivity index (χ3v) is 6.69. The Morgan fingerprint density at radius 2 is 2.00 bits per heavy atom. The van der Waals surface area contributed by atoms with Crippen LogP contribution in [0.3, 0.4) is 0 Å². The van der Waals surface area contributed by atoms with Gasteiger partial charge in [-0.05, 0) is 51.2 Å². The fourth-order valence-electron chi connectivity index (χ4n) is 2.95. The van der Waals surface area contributed by atoms with Gasteiger partial charge < -0.3 is 9.64 Å². The van der Waals surface area contributed by atoms with Gasteiger partial charge in [0.1, 0.15) is 12.4 Å². The summed E-state index contributed by atoms with van der Waals surface area (Å²) in [5.41, 5.74) is 0.547. The topological polar surface area (TPSA) is 75.7 Å². The Morgan fingerprint density at radius 3 is 2.62 bits per heavy atom. The van der Waals surface area contributed by atoms with Crippen molar-refractivity contribution in [2.24, 2.45) is 11.3 Å². The lowest BCUT2D eigenvalue weighted by Crippen LogP contribution is -2.42. The first-order valence-corrected chi connectivity index (χ1v) is 10.8. The highest BCUT2D eigenvalue weighted by Crippen LogP contribution is 2.39. The zero-order valence-corrected chi connectivity index (χ0v) is 16.7. The molecular weight excluding hydrogens is 352 g/mol. The van der Waals surface area contributed by atoms with Gasteiger partial charge in [-0.1, -0.05) is 13.8 Å². The Hall–Kier alpha value is -1.76. The van der Waals surface area contributed by atoms with E-state index >= 15 is 0 Å². The number of hydrogen-bond donors (Lipinski definition) is 1. The summed E-state index contributed by atoms with van der Waals surface area (Å²) in [6.07, 6.45) is 2.31. The summed E-state index contributed by atoms with van der Waals surface area (Å²) in [5.74, 6) is 1.05. The molecule has 1 amide bonds. The molecule has 1 heterocycles. The van der Waals surface area contributed by atoms with Gasteiger partial charge in [0.25, 0.3) is 0 Å². The second-order valence-corrected chi connectivity index (χ2v) is 10.3. The fourth-order valence-corrected chi connectivity index (χ4v) is 4.32. The van der Waals surface area contributed by atoms with Crippen LogP contribution in [0.1, 0.15) is 47.0 Å². The highest BCUT2D eigenvalue weighted by molar-refractivity contribution is 7.93. The lowest BCUT2D eigenvalue weighted by atomic mass is 9.92. The zero-order chi connectivity index (χ0) is 19.1. The lowest BCUT2D eigenvalue weighted by Gasteiger charge is -2.28. The lowest BCUT2D eigenvalue weighted by molar-refractivity contribution is -0.127. The van der Waals surface area contributed by atoms with Gasteiger partial charge in [0.15, 0.2) is 0 Å². The van der Waals surface area contributed by atoms with Gasteiger partial charge in [0.2, 0.25) is 15.9 Å². The normalized spacial score (nSPS) is 19.7. The molecule has 2 aliphatic rings. The number of nitrogens with one attached hydrogen (secondary N) is 1. The summed E-state index contributed by atoms with van der Waals surface area (Å²) in [4.78, 5) is 14.8. The highest BCUT2D eigenvalue weighted by Gasteiger charge is 2.38. The molecule has 1 aliphatic heterocycles. The molecule has 6 nitrogen and oxygen atoms in total. The average Bonchev–Trinajstić information content (AvgIpc) is 3.38. The Bertz CT molecular complexity index is 798.